The number of nitrogens with one attached hydrogen (secondary N) is 1. The number of esters is 1. The van der Waals surface area contributed by atoms with Crippen LogP contribution in [0.4, 0.5) is 0 Å². The van der Waals surface area contributed by atoms with Crippen molar-refractivity contribution >= 4 is 19.7 Å². The molecule has 0 aromatic carbocycles. The Morgan fingerprint density at radius 3 is 1.12 bits per heavy atom. The number of hydrogen-bond donors (Lipinski definition) is 1. The van der Waals surface area contributed by atoms with Crippen LogP contribution in [0, 0.1) is 0 Å². The van der Waals surface area contributed by atoms with Gasteiger partial charge in [-0.25, -0.2) is 0 Å². The van der Waals surface area contributed by atoms with E-state index in [9.17, 15) is 19.0 Å². The lowest BCUT2D eigenvalue weighted by Gasteiger charge is -2.30. The van der Waals surface area contributed by atoms with E-state index in [0.717, 1.165) is 148 Å². The lowest BCUT2D eigenvalue weighted by Crippen LogP contribution is -2.47. The van der Waals surface area contributed by atoms with E-state index < -0.39 is 26.6 Å². The van der Waals surface area contributed by atoms with Gasteiger partial charge < -0.3 is 28.5 Å². The molecule has 0 heterocycles. The highest BCUT2D eigenvalue weighted by atomic mass is 31.2. The summed E-state index contributed by atoms with van der Waals surface area (Å²) in [6.07, 6.45) is 92.5. The van der Waals surface area contributed by atoms with Crippen LogP contribution in [0.15, 0.2) is 146 Å². The smallest absolute Gasteiger partial charge is 0.306 e. The van der Waals surface area contributed by atoms with Crippen LogP contribution in [0.25, 0.3) is 0 Å². The second-order valence-electron chi connectivity index (χ2n) is 23.9. The predicted octanol–water partition coefficient (Wildman–Crippen LogP) is 21.5. The molecule has 0 spiro atoms. The molecule has 0 bridgehead atoms. The summed E-state index contributed by atoms with van der Waals surface area (Å²) in [5.41, 5.74) is 0. The fourth-order valence-corrected chi connectivity index (χ4v) is 9.98. The summed E-state index contributed by atoms with van der Waals surface area (Å²) in [5.74, 6) is -0.580. The summed E-state index contributed by atoms with van der Waals surface area (Å²) >= 11 is 0. The fraction of sp³-hybridized carbons (Fsp3) is 0.658. The fourth-order valence-electron chi connectivity index (χ4n) is 9.26. The van der Waals surface area contributed by atoms with E-state index in [-0.39, 0.29) is 31.3 Å². The number of hydrogen-bond acceptors (Lipinski definition) is 7. The summed E-state index contributed by atoms with van der Waals surface area (Å²) in [4.78, 5) is 40.2. The number of likely N-dealkylation sites (N-methyl/N-ethyl adjacent to an activating group) is 1. The molecule has 0 rings (SSSR count). The number of unbranched alkanes of at least 4 members (excludes halogenated alkanes) is 23. The van der Waals surface area contributed by atoms with E-state index in [4.69, 9.17) is 13.8 Å². The molecule has 0 aliphatic heterocycles. The first-order valence-corrected chi connectivity index (χ1v) is 36.1. The van der Waals surface area contributed by atoms with Gasteiger partial charge in [-0.2, -0.15) is 0 Å². The molecule has 0 radical (unpaired) electrons. The molecule has 0 aliphatic carbocycles. The van der Waals surface area contributed by atoms with Gasteiger partial charge in [0, 0.05) is 12.8 Å². The minimum absolute atomic E-state index is 0.0358. The first-order chi connectivity index (χ1) is 41.9. The van der Waals surface area contributed by atoms with Gasteiger partial charge >= 0.3 is 5.97 Å². The van der Waals surface area contributed by atoms with Crippen LogP contribution in [0.3, 0.4) is 0 Å². The largest absolute Gasteiger partial charge is 0.756 e. The number of nitrogens with zero attached hydrogens (tertiary/aromatic N) is 1. The number of rotatable bonds is 61. The maximum atomic E-state index is 13.6. The second-order valence-corrected chi connectivity index (χ2v) is 25.3. The average Bonchev–Trinajstić information content (AvgIpc) is 3.65. The molecule has 9 nitrogen and oxygen atoms in total. The Kier molecular flexibility index (Phi) is 60.8. The van der Waals surface area contributed by atoms with Crippen molar-refractivity contribution in [3.63, 3.8) is 0 Å². The molecule has 0 aromatic heterocycles. The lowest BCUT2D eigenvalue weighted by molar-refractivity contribution is -0.870. The molecule has 3 atom stereocenters. The monoisotopic (exact) mass is 1210 g/mol. The maximum absolute atomic E-state index is 13.6. The van der Waals surface area contributed by atoms with Gasteiger partial charge in [-0.3, -0.25) is 14.2 Å². The summed E-state index contributed by atoms with van der Waals surface area (Å²) in [6, 6.07) is -0.914. The van der Waals surface area contributed by atoms with E-state index in [1.54, 1.807) is 0 Å². The number of carbonyl (C=O) groups is 2. The van der Waals surface area contributed by atoms with Crippen LogP contribution >= 0.6 is 7.82 Å². The number of phosphoric ester groups is 1. The topological polar surface area (TPSA) is 114 Å². The Balaban J connectivity index is 5.17. The average molecular weight is 1210 g/mol. The van der Waals surface area contributed by atoms with Gasteiger partial charge in [0.15, 0.2) is 0 Å². The summed E-state index contributed by atoms with van der Waals surface area (Å²) < 4.78 is 30.4. The Labute approximate surface area is 529 Å². The van der Waals surface area contributed by atoms with Gasteiger partial charge in [-0.05, 0) is 128 Å². The van der Waals surface area contributed by atoms with E-state index >= 15 is 0 Å². The van der Waals surface area contributed by atoms with Crippen molar-refractivity contribution in [1.29, 1.82) is 0 Å². The molecule has 1 N–H and O–H groups in total. The number of ether oxygens (including phenoxy) is 1. The Morgan fingerprint density at radius 1 is 0.419 bits per heavy atom. The van der Waals surface area contributed by atoms with Gasteiger partial charge in [-0.15, -0.1) is 0 Å². The molecule has 0 saturated heterocycles. The quantitative estimate of drug-likeness (QED) is 0.0212. The minimum Gasteiger partial charge on any atom is -0.756 e. The van der Waals surface area contributed by atoms with E-state index in [2.05, 4.69) is 160 Å². The molecule has 3 unspecified atom stereocenters. The Hall–Kier alpha value is -4.11. The molecular weight excluding hydrogens is 1080 g/mol. The highest BCUT2D eigenvalue weighted by Gasteiger charge is 2.27. The molecule has 0 saturated carbocycles. The number of amides is 1. The third kappa shape index (κ3) is 64.4. The van der Waals surface area contributed by atoms with Crippen LogP contribution in [-0.4, -0.2) is 69.4 Å². The number of carbonyl (C=O) groups excluding carboxylic acids is 2. The van der Waals surface area contributed by atoms with Crippen molar-refractivity contribution in [1.82, 2.24) is 5.32 Å². The Morgan fingerprint density at radius 2 is 0.744 bits per heavy atom. The van der Waals surface area contributed by atoms with Crippen molar-refractivity contribution < 1.29 is 37.3 Å². The van der Waals surface area contributed by atoms with Gasteiger partial charge in [0.05, 0.1) is 33.8 Å². The minimum atomic E-state index is -4.72. The zero-order valence-corrected chi connectivity index (χ0v) is 56.9. The summed E-state index contributed by atoms with van der Waals surface area (Å²) in [7, 11) is 1.15. The Bertz CT molecular complexity index is 1980. The highest BCUT2D eigenvalue weighted by molar-refractivity contribution is 7.45. The van der Waals surface area contributed by atoms with Gasteiger partial charge in [-0.1, -0.05) is 276 Å². The zero-order valence-electron chi connectivity index (χ0n) is 56.0. The first-order valence-electron chi connectivity index (χ1n) is 34.6. The van der Waals surface area contributed by atoms with Gasteiger partial charge in [0.1, 0.15) is 19.3 Å². The standard InChI is InChI=1S/C76H129N2O7P/c1-7-10-13-16-19-22-25-28-30-32-34-36-37-38-39-40-41-43-45-47-49-51-54-57-60-63-66-69-76(80)85-74(67-64-61-58-55-52-27-24-21-18-15-12-9-3)73(72-84-86(81,82)83-71-70-78(4,5)6)77-75(79)68-65-62-59-56-53-50-48-46-44-42-35-33-31-29-26-23-20-17-14-11-8-2/h10-11,13-14,19-20,22-23,28-31,34-36,38-39,41-43,46,48,64,67,73-74H,7-9,12,15-18,21,24-27,32-33,37,40,44-45,47,49-63,65-66,68-72H2,1-6H3,(H-,77,79,81,82)/b13-10-,14-11-,22-19-,23-20-,30-28-,31-29-,36-34-,39-38-,42-35-,43-41-,48-46-,67-64-. The van der Waals surface area contributed by atoms with E-state index in [0.29, 0.717) is 23.9 Å². The number of phosphoric acid groups is 1. The second kappa shape index (κ2) is 63.9. The molecule has 0 aliphatic rings. The summed E-state index contributed by atoms with van der Waals surface area (Å²) in [6.45, 7) is 6.59. The molecule has 0 fully saturated rings. The molecule has 86 heavy (non-hydrogen) atoms. The van der Waals surface area contributed by atoms with Crippen LogP contribution in [0.2, 0.25) is 0 Å². The van der Waals surface area contributed by atoms with Crippen LogP contribution < -0.4 is 10.2 Å². The van der Waals surface area contributed by atoms with Gasteiger partial charge in [0.2, 0.25) is 5.91 Å². The maximum Gasteiger partial charge on any atom is 0.306 e. The van der Waals surface area contributed by atoms with E-state index in [1.165, 1.54) is 77.0 Å². The third-order valence-electron chi connectivity index (χ3n) is 14.5. The van der Waals surface area contributed by atoms with Crippen molar-refractivity contribution in [3.05, 3.63) is 146 Å². The van der Waals surface area contributed by atoms with Crippen LogP contribution in [-0.2, 0) is 27.9 Å². The summed E-state index contributed by atoms with van der Waals surface area (Å²) in [5, 5.41) is 3.02. The van der Waals surface area contributed by atoms with Crippen molar-refractivity contribution in [2.24, 2.45) is 0 Å². The SMILES string of the molecule is CC/C=C\C/C=C\C/C=C\C/C=C\C/C=C\C/C=C\CCCCCCCCCCC(=O)OC(/C=C\CCCCCCCCCCCC)C(COP(=O)([O-])OCC[N+](C)(C)C)NC(=O)CCCCCCC/C=C\C/C=C\C/C=C\C/C=C\C/C=C\CC. The van der Waals surface area contributed by atoms with Crippen molar-refractivity contribution in [3.8, 4) is 0 Å². The van der Waals surface area contributed by atoms with Crippen LogP contribution in [0.1, 0.15) is 271 Å². The highest BCUT2D eigenvalue weighted by Crippen LogP contribution is 2.38. The first kappa shape index (κ1) is 81.9. The van der Waals surface area contributed by atoms with Crippen molar-refractivity contribution in [2.75, 3.05) is 40.9 Å². The van der Waals surface area contributed by atoms with Crippen molar-refractivity contribution in [2.45, 2.75) is 283 Å². The number of allylic oxidation sites excluding steroid dienone is 23. The lowest BCUT2D eigenvalue weighted by atomic mass is 10.0. The molecular formula is C76H129N2O7P. The molecule has 1 amide bonds. The predicted molar refractivity (Wildman–Crippen MR) is 371 cm³/mol. The van der Waals surface area contributed by atoms with Gasteiger partial charge in [0.25, 0.3) is 7.82 Å². The number of quaternary nitrogens is 1. The molecule has 10 heteroatoms. The zero-order chi connectivity index (χ0) is 62.8. The normalized spacial score (nSPS) is 14.5. The van der Waals surface area contributed by atoms with E-state index in [1.807, 2.05) is 33.3 Å². The molecule has 490 valence electrons. The van der Waals surface area contributed by atoms with Crippen LogP contribution in [0.5, 0.6) is 0 Å². The third-order valence-corrected chi connectivity index (χ3v) is 15.5. The molecule has 0 aromatic rings.